The second kappa shape index (κ2) is 7.40. The van der Waals surface area contributed by atoms with Crippen molar-refractivity contribution in [1.29, 1.82) is 0 Å². The van der Waals surface area contributed by atoms with Gasteiger partial charge in [0.2, 0.25) is 0 Å². The van der Waals surface area contributed by atoms with Gasteiger partial charge in [-0.1, -0.05) is 29.7 Å². The van der Waals surface area contributed by atoms with Crippen molar-refractivity contribution in [3.63, 3.8) is 0 Å². The summed E-state index contributed by atoms with van der Waals surface area (Å²) in [7, 11) is 0. The van der Waals surface area contributed by atoms with E-state index in [0.29, 0.717) is 18.6 Å². The molecule has 1 atom stereocenters. The molecule has 2 rings (SSSR count). The van der Waals surface area contributed by atoms with E-state index in [1.54, 1.807) is 6.92 Å². The van der Waals surface area contributed by atoms with Gasteiger partial charge in [0.05, 0.1) is 18.2 Å². The first-order valence-corrected chi connectivity index (χ1v) is 7.50. The van der Waals surface area contributed by atoms with E-state index in [1.165, 1.54) is 0 Å². The third kappa shape index (κ3) is 4.10. The van der Waals surface area contributed by atoms with Crippen molar-refractivity contribution in [3.05, 3.63) is 40.3 Å². The molecule has 136 valence electrons. The van der Waals surface area contributed by atoms with Crippen molar-refractivity contribution in [2.24, 2.45) is 0 Å². The van der Waals surface area contributed by atoms with Gasteiger partial charge in [-0.25, -0.2) is 4.39 Å². The van der Waals surface area contributed by atoms with E-state index in [9.17, 15) is 22.4 Å². The molecule has 1 amide bonds. The second-order valence-electron chi connectivity index (χ2n) is 5.13. The van der Waals surface area contributed by atoms with E-state index in [1.807, 2.05) is 0 Å². The molecule has 0 radical (unpaired) electrons. The van der Waals surface area contributed by atoms with Crippen LogP contribution in [0.3, 0.4) is 0 Å². The van der Waals surface area contributed by atoms with Crippen molar-refractivity contribution in [2.75, 3.05) is 6.61 Å². The minimum absolute atomic E-state index is 0.101. The lowest BCUT2D eigenvalue weighted by atomic mass is 10.1. The fourth-order valence-electron chi connectivity index (χ4n) is 2.02. The molecular weight excluding hydrogens is 368 g/mol. The molecule has 1 heterocycles. The zero-order valence-corrected chi connectivity index (χ0v) is 13.6. The Morgan fingerprint density at radius 1 is 1.44 bits per heavy atom. The van der Waals surface area contributed by atoms with Gasteiger partial charge >= 0.3 is 6.18 Å². The molecule has 0 spiro atoms. The Morgan fingerprint density at radius 2 is 2.12 bits per heavy atom. The number of nitrogens with zero attached hydrogens (tertiary/aromatic N) is 1. The number of halogens is 5. The first-order chi connectivity index (χ1) is 11.7. The molecule has 0 saturated heterocycles. The number of rotatable bonds is 5. The number of benzene rings is 1. The summed E-state index contributed by atoms with van der Waals surface area (Å²) < 4.78 is 56.3. The number of aromatic nitrogens is 1. The molecule has 5 nitrogen and oxygen atoms in total. The highest BCUT2D eigenvalue weighted by Gasteiger charge is 2.34. The maximum absolute atomic E-state index is 13.7. The standard InChI is InChI=1S/C15H13ClF4N2O3/c1-2-8(6-23)21-14(24)12-11(16)13(25-22-12)7-3-4-9(10(17)5-7)15(18,19)20/h3-5,8,23H,2,6H2,1H3,(H,21,24)/t8-/m1/s1. The van der Waals surface area contributed by atoms with Crippen LogP contribution in [0.5, 0.6) is 0 Å². The van der Waals surface area contributed by atoms with Crippen molar-refractivity contribution >= 4 is 17.5 Å². The van der Waals surface area contributed by atoms with Gasteiger partial charge in [0, 0.05) is 5.56 Å². The Hall–Kier alpha value is -2.13. The fraction of sp³-hybridized carbons (Fsp3) is 0.333. The summed E-state index contributed by atoms with van der Waals surface area (Å²) in [6, 6.07) is 1.58. The highest BCUT2D eigenvalue weighted by molar-refractivity contribution is 6.35. The maximum atomic E-state index is 13.7. The quantitative estimate of drug-likeness (QED) is 0.776. The minimum Gasteiger partial charge on any atom is -0.394 e. The summed E-state index contributed by atoms with van der Waals surface area (Å²) in [5.41, 5.74) is -1.85. The zero-order chi connectivity index (χ0) is 18.8. The predicted octanol–water partition coefficient (Wildman–Crippen LogP) is 3.65. The van der Waals surface area contributed by atoms with E-state index >= 15 is 0 Å². The summed E-state index contributed by atoms with van der Waals surface area (Å²) in [6.07, 6.45) is -4.38. The van der Waals surface area contributed by atoms with E-state index in [0.717, 1.165) is 6.07 Å². The number of aliphatic hydroxyl groups is 1. The Bertz CT molecular complexity index is 773. The summed E-state index contributed by atoms with van der Waals surface area (Å²) in [6.45, 7) is 1.44. The lowest BCUT2D eigenvalue weighted by Crippen LogP contribution is -2.37. The van der Waals surface area contributed by atoms with Crippen molar-refractivity contribution in [2.45, 2.75) is 25.6 Å². The van der Waals surface area contributed by atoms with Gasteiger partial charge in [-0.2, -0.15) is 13.2 Å². The van der Waals surface area contributed by atoms with E-state index < -0.39 is 29.5 Å². The van der Waals surface area contributed by atoms with Crippen LogP contribution in [0.4, 0.5) is 17.6 Å². The summed E-state index contributed by atoms with van der Waals surface area (Å²) in [5, 5.41) is 14.7. The van der Waals surface area contributed by atoms with Gasteiger partial charge in [-0.3, -0.25) is 4.79 Å². The molecule has 10 heteroatoms. The molecule has 1 aromatic carbocycles. The first-order valence-electron chi connectivity index (χ1n) is 7.13. The minimum atomic E-state index is -4.83. The molecule has 25 heavy (non-hydrogen) atoms. The third-order valence-electron chi connectivity index (χ3n) is 3.44. The first kappa shape index (κ1) is 19.2. The van der Waals surface area contributed by atoms with E-state index in [-0.39, 0.29) is 28.6 Å². The SMILES string of the molecule is CC[C@H](CO)NC(=O)c1noc(-c2ccc(C(F)(F)F)c(F)c2)c1Cl. The lowest BCUT2D eigenvalue weighted by Gasteiger charge is -2.12. The molecule has 0 saturated carbocycles. The van der Waals surface area contributed by atoms with Crippen molar-refractivity contribution < 1.29 is 32.0 Å². The molecule has 0 aliphatic heterocycles. The molecule has 2 aromatic rings. The Morgan fingerprint density at radius 3 is 2.64 bits per heavy atom. The van der Waals surface area contributed by atoms with Crippen LogP contribution < -0.4 is 5.32 Å². The van der Waals surface area contributed by atoms with Crippen LogP contribution in [0.15, 0.2) is 22.7 Å². The Labute approximate surface area is 144 Å². The lowest BCUT2D eigenvalue weighted by molar-refractivity contribution is -0.139. The zero-order valence-electron chi connectivity index (χ0n) is 12.8. The van der Waals surface area contributed by atoms with Gasteiger partial charge in [0.15, 0.2) is 11.5 Å². The average molecular weight is 381 g/mol. The average Bonchev–Trinajstić information content (AvgIpc) is 2.92. The molecule has 0 aliphatic carbocycles. The van der Waals surface area contributed by atoms with Crippen LogP contribution in [-0.2, 0) is 6.18 Å². The molecule has 0 fully saturated rings. The van der Waals surface area contributed by atoms with Crippen LogP contribution >= 0.6 is 11.6 Å². The van der Waals surface area contributed by atoms with Crippen molar-refractivity contribution in [1.82, 2.24) is 10.5 Å². The smallest absolute Gasteiger partial charge is 0.394 e. The fourth-order valence-corrected chi connectivity index (χ4v) is 2.28. The molecule has 1 aromatic heterocycles. The second-order valence-corrected chi connectivity index (χ2v) is 5.51. The molecule has 2 N–H and O–H groups in total. The molecule has 0 aliphatic rings. The van der Waals surface area contributed by atoms with Crippen LogP contribution in [0.1, 0.15) is 29.4 Å². The number of nitrogens with one attached hydrogen (secondary N) is 1. The van der Waals surface area contributed by atoms with E-state index in [2.05, 4.69) is 10.5 Å². The normalized spacial score (nSPS) is 12.9. The highest BCUT2D eigenvalue weighted by Crippen LogP contribution is 2.36. The number of hydrogen-bond donors (Lipinski definition) is 2. The number of hydrogen-bond acceptors (Lipinski definition) is 4. The number of amides is 1. The van der Waals surface area contributed by atoms with Gasteiger partial charge < -0.3 is 14.9 Å². The Kier molecular flexibility index (Phi) is 5.69. The van der Waals surface area contributed by atoms with Crippen LogP contribution in [0.25, 0.3) is 11.3 Å². The summed E-state index contributed by atoms with van der Waals surface area (Å²) >= 11 is 5.98. The predicted molar refractivity (Wildman–Crippen MR) is 80.5 cm³/mol. The maximum Gasteiger partial charge on any atom is 0.419 e. The Balaban J connectivity index is 2.32. The summed E-state index contributed by atoms with van der Waals surface area (Å²) in [5.74, 6) is -2.47. The van der Waals surface area contributed by atoms with Crippen LogP contribution in [0, 0.1) is 5.82 Å². The van der Waals surface area contributed by atoms with Crippen LogP contribution in [0.2, 0.25) is 5.02 Å². The number of carbonyl (C=O) groups excluding carboxylic acids is 1. The van der Waals surface area contributed by atoms with Crippen LogP contribution in [-0.4, -0.2) is 28.8 Å². The molecule has 0 unspecified atom stereocenters. The topological polar surface area (TPSA) is 75.4 Å². The highest BCUT2D eigenvalue weighted by atomic mass is 35.5. The molecular formula is C15H13ClF4N2O3. The number of aliphatic hydroxyl groups excluding tert-OH is 1. The third-order valence-corrected chi connectivity index (χ3v) is 3.79. The van der Waals surface area contributed by atoms with Gasteiger partial charge in [-0.05, 0) is 18.6 Å². The largest absolute Gasteiger partial charge is 0.419 e. The van der Waals surface area contributed by atoms with Crippen molar-refractivity contribution in [3.8, 4) is 11.3 Å². The summed E-state index contributed by atoms with van der Waals surface area (Å²) in [4.78, 5) is 12.0. The van der Waals surface area contributed by atoms with Gasteiger partial charge in [0.25, 0.3) is 5.91 Å². The molecule has 0 bridgehead atoms. The number of carbonyl (C=O) groups is 1. The van der Waals surface area contributed by atoms with Gasteiger partial charge in [0.1, 0.15) is 10.8 Å². The van der Waals surface area contributed by atoms with Gasteiger partial charge in [-0.15, -0.1) is 0 Å². The number of alkyl halides is 3. The van der Waals surface area contributed by atoms with E-state index in [4.69, 9.17) is 21.2 Å². The monoisotopic (exact) mass is 380 g/mol.